The van der Waals surface area contributed by atoms with E-state index in [0.29, 0.717) is 17.8 Å². The minimum atomic E-state index is -0.140. The Morgan fingerprint density at radius 1 is 1.42 bits per heavy atom. The van der Waals surface area contributed by atoms with Gasteiger partial charge in [0.15, 0.2) is 0 Å². The molecular formula is C13H15N3O2S. The van der Waals surface area contributed by atoms with Crippen molar-refractivity contribution < 1.29 is 4.79 Å². The lowest BCUT2D eigenvalue weighted by Gasteiger charge is -2.23. The number of aromatic amines is 1. The highest BCUT2D eigenvalue weighted by molar-refractivity contribution is 7.08. The van der Waals surface area contributed by atoms with Crippen molar-refractivity contribution in [1.82, 2.24) is 9.78 Å². The molecule has 1 amide bonds. The number of fused-ring (bicyclic) bond motifs is 1. The second-order valence-corrected chi connectivity index (χ2v) is 5.81. The molecule has 0 unspecified atom stereocenters. The van der Waals surface area contributed by atoms with Crippen molar-refractivity contribution in [3.8, 4) is 0 Å². The van der Waals surface area contributed by atoms with Gasteiger partial charge in [-0.25, -0.2) is 0 Å². The van der Waals surface area contributed by atoms with E-state index in [9.17, 15) is 9.59 Å². The highest BCUT2D eigenvalue weighted by Gasteiger charge is 2.33. The standard InChI is InChI=1S/C13H15N3O2S/c1-7(2)16-12-11(13(18)15-16)9(5-10(17)14-12)8-3-4-19-6-8/h3-4,6-7,9H,5H2,1-2H3,(H,14,17)(H,15,18)/t9-/m1/s1. The molecule has 0 aliphatic carbocycles. The highest BCUT2D eigenvalue weighted by atomic mass is 32.1. The smallest absolute Gasteiger partial charge is 0.270 e. The minimum Gasteiger partial charge on any atom is -0.311 e. The minimum absolute atomic E-state index is 0.0444. The van der Waals surface area contributed by atoms with Crippen LogP contribution in [0.25, 0.3) is 0 Å². The van der Waals surface area contributed by atoms with Crippen LogP contribution in [0.4, 0.5) is 5.82 Å². The summed E-state index contributed by atoms with van der Waals surface area (Å²) in [6.45, 7) is 3.94. The summed E-state index contributed by atoms with van der Waals surface area (Å²) in [5.74, 6) is 0.434. The largest absolute Gasteiger partial charge is 0.311 e. The normalized spacial score (nSPS) is 18.5. The Hall–Kier alpha value is -1.82. The van der Waals surface area contributed by atoms with Crippen molar-refractivity contribution >= 4 is 23.1 Å². The summed E-state index contributed by atoms with van der Waals surface area (Å²) in [5, 5.41) is 9.60. The molecule has 0 aromatic carbocycles. The molecule has 2 N–H and O–H groups in total. The number of hydrogen-bond acceptors (Lipinski definition) is 3. The first-order valence-electron chi connectivity index (χ1n) is 6.24. The van der Waals surface area contributed by atoms with Crippen molar-refractivity contribution in [2.45, 2.75) is 32.2 Å². The quantitative estimate of drug-likeness (QED) is 0.884. The van der Waals surface area contributed by atoms with Crippen LogP contribution in [-0.2, 0) is 4.79 Å². The lowest BCUT2D eigenvalue weighted by atomic mass is 9.89. The van der Waals surface area contributed by atoms with Crippen LogP contribution in [-0.4, -0.2) is 15.7 Å². The van der Waals surface area contributed by atoms with Crippen LogP contribution in [0.15, 0.2) is 21.6 Å². The number of nitrogens with zero attached hydrogens (tertiary/aromatic N) is 1. The van der Waals surface area contributed by atoms with Gasteiger partial charge in [-0.05, 0) is 36.2 Å². The fraction of sp³-hybridized carbons (Fsp3) is 0.385. The molecule has 0 fully saturated rings. The Labute approximate surface area is 114 Å². The van der Waals surface area contributed by atoms with Crippen LogP contribution in [0.3, 0.4) is 0 Å². The second kappa shape index (κ2) is 4.38. The Morgan fingerprint density at radius 3 is 2.84 bits per heavy atom. The van der Waals surface area contributed by atoms with E-state index < -0.39 is 0 Å². The van der Waals surface area contributed by atoms with Crippen LogP contribution in [0.1, 0.15) is 43.4 Å². The van der Waals surface area contributed by atoms with E-state index in [1.54, 1.807) is 16.0 Å². The third-order valence-electron chi connectivity index (χ3n) is 3.42. The number of carbonyl (C=O) groups is 1. The zero-order chi connectivity index (χ0) is 13.6. The molecule has 0 bridgehead atoms. The van der Waals surface area contributed by atoms with E-state index in [-0.39, 0.29) is 23.4 Å². The van der Waals surface area contributed by atoms with Gasteiger partial charge in [0.1, 0.15) is 5.82 Å². The molecule has 3 heterocycles. The molecule has 0 saturated heterocycles. The maximum absolute atomic E-state index is 12.2. The molecule has 1 aliphatic heterocycles. The third kappa shape index (κ3) is 1.92. The Morgan fingerprint density at radius 2 is 2.21 bits per heavy atom. The van der Waals surface area contributed by atoms with Gasteiger partial charge in [0.25, 0.3) is 5.56 Å². The molecule has 2 aromatic rings. The van der Waals surface area contributed by atoms with E-state index in [2.05, 4.69) is 10.4 Å². The van der Waals surface area contributed by atoms with Gasteiger partial charge in [-0.2, -0.15) is 11.3 Å². The lowest BCUT2D eigenvalue weighted by Crippen LogP contribution is -2.26. The number of anilines is 1. The average molecular weight is 277 g/mol. The van der Waals surface area contributed by atoms with Crippen molar-refractivity contribution in [3.63, 3.8) is 0 Å². The Kier molecular flexibility index (Phi) is 2.82. The Bertz CT molecular complexity index is 667. The molecule has 5 nitrogen and oxygen atoms in total. The maximum Gasteiger partial charge on any atom is 0.270 e. The van der Waals surface area contributed by atoms with Crippen LogP contribution in [0.5, 0.6) is 0 Å². The number of thiophene rings is 1. The first kappa shape index (κ1) is 12.2. The van der Waals surface area contributed by atoms with E-state index in [1.807, 2.05) is 30.7 Å². The van der Waals surface area contributed by atoms with Crippen molar-refractivity contribution in [2.24, 2.45) is 0 Å². The molecule has 19 heavy (non-hydrogen) atoms. The predicted octanol–water partition coefficient (Wildman–Crippen LogP) is 2.29. The van der Waals surface area contributed by atoms with Gasteiger partial charge in [-0.1, -0.05) is 0 Å². The Balaban J connectivity index is 2.19. The van der Waals surface area contributed by atoms with E-state index in [4.69, 9.17) is 0 Å². The summed E-state index contributed by atoms with van der Waals surface area (Å²) >= 11 is 1.58. The van der Waals surface area contributed by atoms with Crippen LogP contribution >= 0.6 is 11.3 Å². The molecule has 1 aliphatic rings. The first-order valence-corrected chi connectivity index (χ1v) is 7.18. The van der Waals surface area contributed by atoms with Crippen LogP contribution in [0, 0.1) is 0 Å². The van der Waals surface area contributed by atoms with Gasteiger partial charge in [-0.3, -0.25) is 19.4 Å². The third-order valence-corrected chi connectivity index (χ3v) is 4.12. The topological polar surface area (TPSA) is 66.9 Å². The van der Waals surface area contributed by atoms with Crippen LogP contribution in [0.2, 0.25) is 0 Å². The number of nitrogens with one attached hydrogen (secondary N) is 2. The monoisotopic (exact) mass is 277 g/mol. The van der Waals surface area contributed by atoms with Gasteiger partial charge in [0.2, 0.25) is 5.91 Å². The average Bonchev–Trinajstić information content (AvgIpc) is 2.96. The van der Waals surface area contributed by atoms with Crippen molar-refractivity contribution in [2.75, 3.05) is 5.32 Å². The van der Waals surface area contributed by atoms with E-state index >= 15 is 0 Å². The summed E-state index contributed by atoms with van der Waals surface area (Å²) in [6, 6.07) is 2.07. The van der Waals surface area contributed by atoms with Gasteiger partial charge >= 0.3 is 0 Å². The zero-order valence-corrected chi connectivity index (χ0v) is 11.6. The van der Waals surface area contributed by atoms with Crippen molar-refractivity contribution in [1.29, 1.82) is 0 Å². The number of hydrogen-bond donors (Lipinski definition) is 2. The molecule has 1 atom stereocenters. The first-order chi connectivity index (χ1) is 9.08. The fourth-order valence-corrected chi connectivity index (χ4v) is 3.24. The molecule has 0 saturated carbocycles. The fourth-order valence-electron chi connectivity index (χ4n) is 2.53. The zero-order valence-electron chi connectivity index (χ0n) is 10.8. The van der Waals surface area contributed by atoms with Gasteiger partial charge in [-0.15, -0.1) is 0 Å². The number of rotatable bonds is 2. The molecule has 3 rings (SSSR count). The summed E-state index contributed by atoms with van der Waals surface area (Å²) in [7, 11) is 0. The number of carbonyl (C=O) groups excluding carboxylic acids is 1. The summed E-state index contributed by atoms with van der Waals surface area (Å²) in [4.78, 5) is 24.1. The summed E-state index contributed by atoms with van der Waals surface area (Å²) in [6.07, 6.45) is 0.328. The van der Waals surface area contributed by atoms with Crippen LogP contribution < -0.4 is 10.9 Å². The highest BCUT2D eigenvalue weighted by Crippen LogP contribution is 2.36. The molecule has 0 spiro atoms. The second-order valence-electron chi connectivity index (χ2n) is 5.03. The van der Waals surface area contributed by atoms with E-state index in [1.165, 1.54) is 0 Å². The number of amides is 1. The van der Waals surface area contributed by atoms with Gasteiger partial charge in [0.05, 0.1) is 5.56 Å². The summed E-state index contributed by atoms with van der Waals surface area (Å²) in [5.41, 5.74) is 1.60. The number of aromatic nitrogens is 2. The van der Waals surface area contributed by atoms with Gasteiger partial charge < -0.3 is 5.32 Å². The molecule has 100 valence electrons. The molecule has 6 heteroatoms. The molecular weight excluding hydrogens is 262 g/mol. The van der Waals surface area contributed by atoms with Gasteiger partial charge in [0, 0.05) is 18.4 Å². The molecule has 2 aromatic heterocycles. The molecule has 0 radical (unpaired) electrons. The van der Waals surface area contributed by atoms with E-state index in [0.717, 1.165) is 5.56 Å². The maximum atomic E-state index is 12.2. The SMILES string of the molecule is CC(C)n1[nH]c(=O)c2c1NC(=O)C[C@@H]2c1ccsc1. The predicted molar refractivity (Wildman–Crippen MR) is 74.8 cm³/mol. The van der Waals surface area contributed by atoms with Crippen molar-refractivity contribution in [3.05, 3.63) is 38.3 Å². The number of H-pyrrole nitrogens is 1. The lowest BCUT2D eigenvalue weighted by molar-refractivity contribution is -0.116. The summed E-state index contributed by atoms with van der Waals surface area (Å²) < 4.78 is 1.73.